The summed E-state index contributed by atoms with van der Waals surface area (Å²) in [5, 5.41) is 12.2. The zero-order chi connectivity index (χ0) is 12.1. The van der Waals surface area contributed by atoms with E-state index in [-0.39, 0.29) is 0 Å². The van der Waals surface area contributed by atoms with Gasteiger partial charge < -0.3 is 10.2 Å². The fourth-order valence-corrected chi connectivity index (χ4v) is 1.37. The molecule has 1 atom stereocenters. The lowest BCUT2D eigenvalue weighted by atomic mass is 10.1. The molecule has 0 spiro atoms. The first-order valence-corrected chi connectivity index (χ1v) is 5.45. The molecule has 0 saturated heterocycles. The van der Waals surface area contributed by atoms with Crippen LogP contribution in [0.15, 0.2) is 18.2 Å². The van der Waals surface area contributed by atoms with Crippen molar-refractivity contribution in [3.63, 3.8) is 0 Å². The van der Waals surface area contributed by atoms with Crippen LogP contribution in [0.4, 0.5) is 5.69 Å². The van der Waals surface area contributed by atoms with Gasteiger partial charge in [-0.3, -0.25) is 0 Å². The summed E-state index contributed by atoms with van der Waals surface area (Å²) in [5.41, 5.74) is 2.93. The molecule has 86 valence electrons. The van der Waals surface area contributed by atoms with Gasteiger partial charge in [0, 0.05) is 18.3 Å². The Labute approximate surface area is 97.7 Å². The molecule has 0 fully saturated rings. The Morgan fingerprint density at radius 2 is 2.12 bits per heavy atom. The zero-order valence-corrected chi connectivity index (χ0v) is 10.4. The number of benzene rings is 1. The summed E-state index contributed by atoms with van der Waals surface area (Å²) in [7, 11) is 4.13. The predicted octanol–water partition coefficient (Wildman–Crippen LogP) is 2.23. The molecule has 0 radical (unpaired) electrons. The molecule has 0 saturated carbocycles. The molecule has 0 amide bonds. The summed E-state index contributed by atoms with van der Waals surface area (Å²) in [6.07, 6.45) is 0. The molecule has 1 aromatic carbocycles. The van der Waals surface area contributed by atoms with Crippen molar-refractivity contribution in [1.82, 2.24) is 4.90 Å². The van der Waals surface area contributed by atoms with Gasteiger partial charge in [0.2, 0.25) is 0 Å². The van der Waals surface area contributed by atoms with Crippen LogP contribution in [0.3, 0.4) is 0 Å². The maximum Gasteiger partial charge on any atom is 0.0991 e. The summed E-state index contributed by atoms with van der Waals surface area (Å²) in [6.45, 7) is 5.09. The van der Waals surface area contributed by atoms with Crippen LogP contribution in [0.25, 0.3) is 0 Å². The largest absolute Gasteiger partial charge is 0.383 e. The first-order chi connectivity index (χ1) is 7.54. The van der Waals surface area contributed by atoms with E-state index in [1.807, 2.05) is 25.1 Å². The Hall–Kier alpha value is -1.53. The third-order valence-electron chi connectivity index (χ3n) is 2.82. The van der Waals surface area contributed by atoms with Crippen LogP contribution < -0.4 is 5.32 Å². The van der Waals surface area contributed by atoms with E-state index in [0.29, 0.717) is 11.6 Å². The molecule has 0 aliphatic heterocycles. The molecule has 0 bridgehead atoms. The lowest BCUT2D eigenvalue weighted by Gasteiger charge is -2.21. The van der Waals surface area contributed by atoms with E-state index < -0.39 is 0 Å². The Morgan fingerprint density at radius 1 is 1.44 bits per heavy atom. The van der Waals surface area contributed by atoms with Crippen molar-refractivity contribution in [1.29, 1.82) is 5.26 Å². The van der Waals surface area contributed by atoms with Crippen LogP contribution in [0.5, 0.6) is 0 Å². The number of rotatable bonds is 4. The van der Waals surface area contributed by atoms with Crippen LogP contribution in [-0.4, -0.2) is 31.6 Å². The smallest absolute Gasteiger partial charge is 0.0991 e. The third kappa shape index (κ3) is 3.25. The molecule has 3 nitrogen and oxygen atoms in total. The van der Waals surface area contributed by atoms with Crippen LogP contribution in [0.1, 0.15) is 18.1 Å². The number of anilines is 1. The van der Waals surface area contributed by atoms with Gasteiger partial charge in [-0.25, -0.2) is 0 Å². The van der Waals surface area contributed by atoms with Crippen molar-refractivity contribution in [3.8, 4) is 6.07 Å². The quantitative estimate of drug-likeness (QED) is 0.840. The highest BCUT2D eigenvalue weighted by Gasteiger charge is 2.05. The Kier molecular flexibility index (Phi) is 4.33. The van der Waals surface area contributed by atoms with Gasteiger partial charge in [0.15, 0.2) is 0 Å². The van der Waals surface area contributed by atoms with Gasteiger partial charge in [-0.2, -0.15) is 5.26 Å². The second-order valence-electron chi connectivity index (χ2n) is 4.34. The maximum atomic E-state index is 8.77. The van der Waals surface area contributed by atoms with Crippen molar-refractivity contribution >= 4 is 5.69 Å². The summed E-state index contributed by atoms with van der Waals surface area (Å²) < 4.78 is 0. The lowest BCUT2D eigenvalue weighted by molar-refractivity contribution is 0.326. The average Bonchev–Trinajstić information content (AvgIpc) is 2.26. The number of nitrogens with one attached hydrogen (secondary N) is 1. The first kappa shape index (κ1) is 12.5. The Bertz CT molecular complexity index is 391. The Morgan fingerprint density at radius 3 is 2.62 bits per heavy atom. The molecule has 1 aromatic rings. The fourth-order valence-electron chi connectivity index (χ4n) is 1.37. The van der Waals surface area contributed by atoms with Crippen molar-refractivity contribution in [2.75, 3.05) is 26.0 Å². The van der Waals surface area contributed by atoms with E-state index in [0.717, 1.165) is 17.8 Å². The number of nitrogens with zero attached hydrogens (tertiary/aromatic N) is 2. The van der Waals surface area contributed by atoms with E-state index in [9.17, 15) is 0 Å². The normalized spacial score (nSPS) is 12.2. The summed E-state index contributed by atoms with van der Waals surface area (Å²) in [6, 6.07) is 8.34. The number of hydrogen-bond acceptors (Lipinski definition) is 3. The summed E-state index contributed by atoms with van der Waals surface area (Å²) >= 11 is 0. The standard InChI is InChI=1S/C13H19N3/c1-10-7-12(8-14)5-6-13(10)15-9-11(2)16(3)4/h5-7,11,15H,9H2,1-4H3. The minimum Gasteiger partial charge on any atom is -0.383 e. The zero-order valence-electron chi connectivity index (χ0n) is 10.4. The van der Waals surface area contributed by atoms with Gasteiger partial charge in [-0.15, -0.1) is 0 Å². The molecular formula is C13H19N3. The second kappa shape index (κ2) is 5.53. The lowest BCUT2D eigenvalue weighted by Crippen LogP contribution is -2.31. The van der Waals surface area contributed by atoms with Crippen LogP contribution in [0.2, 0.25) is 0 Å². The molecule has 0 heterocycles. The van der Waals surface area contributed by atoms with Crippen LogP contribution in [-0.2, 0) is 0 Å². The van der Waals surface area contributed by atoms with Crippen molar-refractivity contribution < 1.29 is 0 Å². The van der Waals surface area contributed by atoms with Gasteiger partial charge in [-0.1, -0.05) is 0 Å². The van der Waals surface area contributed by atoms with Gasteiger partial charge in [0.1, 0.15) is 0 Å². The molecular weight excluding hydrogens is 198 g/mol. The van der Waals surface area contributed by atoms with Gasteiger partial charge >= 0.3 is 0 Å². The molecule has 1 N–H and O–H groups in total. The molecule has 16 heavy (non-hydrogen) atoms. The fraction of sp³-hybridized carbons (Fsp3) is 0.462. The van der Waals surface area contributed by atoms with E-state index in [2.05, 4.69) is 37.3 Å². The van der Waals surface area contributed by atoms with Crippen molar-refractivity contribution in [2.45, 2.75) is 19.9 Å². The van der Waals surface area contributed by atoms with Gasteiger partial charge in [0.25, 0.3) is 0 Å². The Balaban J connectivity index is 2.65. The van der Waals surface area contributed by atoms with E-state index in [4.69, 9.17) is 5.26 Å². The van der Waals surface area contributed by atoms with E-state index in [1.165, 1.54) is 0 Å². The van der Waals surface area contributed by atoms with E-state index >= 15 is 0 Å². The topological polar surface area (TPSA) is 39.1 Å². The molecule has 0 aliphatic rings. The highest BCUT2D eigenvalue weighted by Crippen LogP contribution is 2.16. The SMILES string of the molecule is Cc1cc(C#N)ccc1NCC(C)N(C)C. The molecule has 0 aliphatic carbocycles. The highest BCUT2D eigenvalue weighted by molar-refractivity contribution is 5.54. The summed E-state index contributed by atoms with van der Waals surface area (Å²) in [4.78, 5) is 2.17. The number of likely N-dealkylation sites (N-methyl/N-ethyl adjacent to an activating group) is 1. The van der Waals surface area contributed by atoms with Gasteiger partial charge in [0.05, 0.1) is 11.6 Å². The first-order valence-electron chi connectivity index (χ1n) is 5.45. The maximum absolute atomic E-state index is 8.77. The van der Waals surface area contributed by atoms with Crippen LogP contribution >= 0.6 is 0 Å². The predicted molar refractivity (Wildman–Crippen MR) is 67.5 cm³/mol. The monoisotopic (exact) mass is 217 g/mol. The summed E-state index contributed by atoms with van der Waals surface area (Å²) in [5.74, 6) is 0. The minimum atomic E-state index is 0.482. The molecule has 0 aromatic heterocycles. The molecule has 1 rings (SSSR count). The number of hydrogen-bond donors (Lipinski definition) is 1. The minimum absolute atomic E-state index is 0.482. The van der Waals surface area contributed by atoms with Crippen LogP contribution in [0, 0.1) is 18.3 Å². The number of aryl methyl sites for hydroxylation is 1. The van der Waals surface area contributed by atoms with Crippen molar-refractivity contribution in [2.24, 2.45) is 0 Å². The second-order valence-corrected chi connectivity index (χ2v) is 4.34. The average molecular weight is 217 g/mol. The molecule has 1 unspecified atom stereocenters. The number of nitriles is 1. The van der Waals surface area contributed by atoms with E-state index in [1.54, 1.807) is 0 Å². The van der Waals surface area contributed by atoms with Gasteiger partial charge in [-0.05, 0) is 51.7 Å². The third-order valence-corrected chi connectivity index (χ3v) is 2.82. The van der Waals surface area contributed by atoms with Crippen molar-refractivity contribution in [3.05, 3.63) is 29.3 Å². The molecule has 3 heteroatoms. The highest BCUT2D eigenvalue weighted by atomic mass is 15.1.